The van der Waals surface area contributed by atoms with E-state index in [0.717, 1.165) is 14.2 Å². The molecule has 0 atom stereocenters. The quantitative estimate of drug-likeness (QED) is 0.576. The maximum absolute atomic E-state index is 7.00. The molecule has 0 aliphatic carbocycles. The molecule has 2 aromatic carbocycles. The van der Waals surface area contributed by atoms with Gasteiger partial charge >= 0.3 is 21.1 Å². The van der Waals surface area contributed by atoms with Gasteiger partial charge in [-0.15, -0.1) is 0 Å². The van der Waals surface area contributed by atoms with Gasteiger partial charge < -0.3 is 10.2 Å². The number of aliphatic hydroxyl groups excluding tert-OH is 2. The van der Waals surface area contributed by atoms with Gasteiger partial charge in [0.05, 0.1) is 0 Å². The summed E-state index contributed by atoms with van der Waals surface area (Å²) in [5, 5.41) is 14.0. The number of benzene rings is 2. The summed E-state index contributed by atoms with van der Waals surface area (Å²) in [6, 6.07) is 25.0. The van der Waals surface area contributed by atoms with Crippen molar-refractivity contribution in [1.29, 1.82) is 0 Å². The third kappa shape index (κ3) is 45.4. The van der Waals surface area contributed by atoms with Crippen LogP contribution in [0.2, 0.25) is 0 Å². The summed E-state index contributed by atoms with van der Waals surface area (Å²) in [5.74, 6) is 0. The van der Waals surface area contributed by atoms with E-state index in [1.807, 2.05) is 88.4 Å². The Balaban J connectivity index is -0.0000000539. The van der Waals surface area contributed by atoms with E-state index >= 15 is 0 Å². The van der Waals surface area contributed by atoms with Crippen LogP contribution in [0.25, 0.3) is 0 Å². The third-order valence-electron chi connectivity index (χ3n) is 1.21. The molecule has 21 heavy (non-hydrogen) atoms. The minimum atomic E-state index is 0. The molecule has 0 saturated carbocycles. The molecule has 120 valence electrons. The van der Waals surface area contributed by atoms with Crippen LogP contribution in [0.1, 0.15) is 27.7 Å². The molecule has 0 unspecified atom stereocenters. The standard InChI is InChI=1S/2C6H5.2C2H6.2CH4O.W/c2*1-2-4-6-5-3-1;4*1-2;/h2*1-5H;2*1-2H3;2*2H,1H3;/q2*-1;;;;;+2. The molecule has 0 radical (unpaired) electrons. The molecule has 0 aromatic heterocycles. The molecule has 2 nitrogen and oxygen atoms in total. The van der Waals surface area contributed by atoms with E-state index < -0.39 is 0 Å². The van der Waals surface area contributed by atoms with Crippen molar-refractivity contribution in [3.05, 3.63) is 72.8 Å². The van der Waals surface area contributed by atoms with Crippen LogP contribution in [0, 0.1) is 12.1 Å². The average Bonchev–Trinajstić information content (AvgIpc) is 2.65. The van der Waals surface area contributed by atoms with Crippen LogP contribution in [-0.4, -0.2) is 24.4 Å². The van der Waals surface area contributed by atoms with Gasteiger partial charge in [-0.05, 0) is 0 Å². The van der Waals surface area contributed by atoms with Crippen LogP contribution in [0.3, 0.4) is 0 Å². The van der Waals surface area contributed by atoms with Gasteiger partial charge in [-0.1, -0.05) is 27.7 Å². The zero-order chi connectivity index (χ0) is 16.5. The fourth-order valence-corrected chi connectivity index (χ4v) is 0.684. The van der Waals surface area contributed by atoms with E-state index in [2.05, 4.69) is 12.1 Å². The fraction of sp³-hybridized carbons (Fsp3) is 0.333. The number of hydrogen-bond donors (Lipinski definition) is 2. The second kappa shape index (κ2) is 50.8. The van der Waals surface area contributed by atoms with E-state index in [9.17, 15) is 0 Å². The minimum absolute atomic E-state index is 0. The minimum Gasteiger partial charge on any atom is -0.400 e. The molecule has 0 bridgehead atoms. The molecule has 0 spiro atoms. The predicted octanol–water partition coefficient (Wildman–Crippen LogP) is 4.24. The van der Waals surface area contributed by atoms with E-state index in [-0.39, 0.29) is 21.1 Å². The summed E-state index contributed by atoms with van der Waals surface area (Å²) in [6.45, 7) is 8.00. The molecular formula is C18H30O2W. The molecule has 0 amide bonds. The predicted molar refractivity (Wildman–Crippen MR) is 89.5 cm³/mol. The second-order valence-corrected chi connectivity index (χ2v) is 2.15. The van der Waals surface area contributed by atoms with Gasteiger partial charge in [-0.3, -0.25) is 0 Å². The molecule has 2 aromatic rings. The first kappa shape index (κ1) is 32.1. The van der Waals surface area contributed by atoms with Crippen molar-refractivity contribution in [2.45, 2.75) is 27.7 Å². The average molecular weight is 462 g/mol. The zero-order valence-electron chi connectivity index (χ0n) is 14.1. The summed E-state index contributed by atoms with van der Waals surface area (Å²) in [7, 11) is 2.00. The van der Waals surface area contributed by atoms with Gasteiger partial charge in [0.1, 0.15) is 0 Å². The van der Waals surface area contributed by atoms with E-state index in [1.54, 1.807) is 0 Å². The van der Waals surface area contributed by atoms with Crippen LogP contribution >= 0.6 is 0 Å². The van der Waals surface area contributed by atoms with Crippen LogP contribution in [0.4, 0.5) is 0 Å². The summed E-state index contributed by atoms with van der Waals surface area (Å²) >= 11 is 0. The first-order valence-electron chi connectivity index (χ1n) is 6.72. The second-order valence-electron chi connectivity index (χ2n) is 2.15. The van der Waals surface area contributed by atoms with Crippen molar-refractivity contribution in [3.8, 4) is 0 Å². The number of aliphatic hydroxyl groups is 2. The first-order chi connectivity index (χ1) is 10.0. The van der Waals surface area contributed by atoms with Crippen LogP contribution in [0.5, 0.6) is 0 Å². The molecule has 2 rings (SSSR count). The van der Waals surface area contributed by atoms with Crippen molar-refractivity contribution < 1.29 is 31.3 Å². The monoisotopic (exact) mass is 462 g/mol. The smallest absolute Gasteiger partial charge is 0.400 e. The molecular weight excluding hydrogens is 432 g/mol. The Morgan fingerprint density at radius 2 is 0.667 bits per heavy atom. The summed E-state index contributed by atoms with van der Waals surface area (Å²) in [6.07, 6.45) is 0. The van der Waals surface area contributed by atoms with Crippen molar-refractivity contribution in [1.82, 2.24) is 0 Å². The Morgan fingerprint density at radius 3 is 0.714 bits per heavy atom. The molecule has 0 aliphatic heterocycles. The fourth-order valence-electron chi connectivity index (χ4n) is 0.684. The van der Waals surface area contributed by atoms with Gasteiger partial charge in [0.15, 0.2) is 0 Å². The Bertz CT molecular complexity index is 191. The van der Waals surface area contributed by atoms with Crippen molar-refractivity contribution >= 4 is 0 Å². The van der Waals surface area contributed by atoms with Gasteiger partial charge in [-0.2, -0.15) is 72.8 Å². The largest absolute Gasteiger partial charge is 2.00 e. The SMILES string of the molecule is CC.CC.CO.CO.[W+2].[c-]1ccccc1.[c-]1ccccc1. The normalized spacial score (nSPS) is 5.71. The van der Waals surface area contributed by atoms with Gasteiger partial charge in [0.2, 0.25) is 0 Å². The van der Waals surface area contributed by atoms with E-state index in [4.69, 9.17) is 10.2 Å². The maximum atomic E-state index is 7.00. The maximum Gasteiger partial charge on any atom is 2.00 e. The van der Waals surface area contributed by atoms with E-state index in [0.29, 0.717) is 0 Å². The molecule has 0 fully saturated rings. The molecule has 0 heterocycles. The van der Waals surface area contributed by atoms with Crippen LogP contribution in [-0.2, 0) is 21.1 Å². The molecule has 2 N–H and O–H groups in total. The Hall–Kier alpha value is -0.952. The number of hydrogen-bond acceptors (Lipinski definition) is 2. The van der Waals surface area contributed by atoms with Crippen molar-refractivity contribution in [2.24, 2.45) is 0 Å². The Morgan fingerprint density at radius 1 is 0.476 bits per heavy atom. The van der Waals surface area contributed by atoms with Crippen LogP contribution in [0.15, 0.2) is 60.7 Å². The van der Waals surface area contributed by atoms with E-state index in [1.165, 1.54) is 0 Å². The summed E-state index contributed by atoms with van der Waals surface area (Å²) in [5.41, 5.74) is 0. The van der Waals surface area contributed by atoms with Gasteiger partial charge in [0.25, 0.3) is 0 Å². The molecule has 0 saturated heterocycles. The molecule has 3 heteroatoms. The van der Waals surface area contributed by atoms with Gasteiger partial charge in [-0.25, -0.2) is 0 Å². The zero-order valence-corrected chi connectivity index (χ0v) is 17.0. The Labute approximate surface area is 146 Å². The topological polar surface area (TPSA) is 40.5 Å². The Kier molecular flexibility index (Phi) is 77.8. The summed E-state index contributed by atoms with van der Waals surface area (Å²) < 4.78 is 0. The van der Waals surface area contributed by atoms with Crippen molar-refractivity contribution in [3.63, 3.8) is 0 Å². The van der Waals surface area contributed by atoms with Gasteiger partial charge in [0, 0.05) is 14.2 Å². The first-order valence-corrected chi connectivity index (χ1v) is 6.72. The van der Waals surface area contributed by atoms with Crippen LogP contribution < -0.4 is 0 Å². The molecule has 0 aliphatic rings. The third-order valence-corrected chi connectivity index (χ3v) is 1.21. The summed E-state index contributed by atoms with van der Waals surface area (Å²) in [4.78, 5) is 0. The van der Waals surface area contributed by atoms with Crippen molar-refractivity contribution in [2.75, 3.05) is 14.2 Å². The number of rotatable bonds is 0.